The average molecular weight is 426 g/mol. The predicted octanol–water partition coefficient (Wildman–Crippen LogP) is 2.25. The molecule has 0 aliphatic carbocycles. The summed E-state index contributed by atoms with van der Waals surface area (Å²) in [6.07, 6.45) is -0.998. The van der Waals surface area contributed by atoms with Crippen molar-refractivity contribution in [3.8, 4) is 0 Å². The Kier molecular flexibility index (Phi) is 4.85. The van der Waals surface area contributed by atoms with Crippen LogP contribution in [0.3, 0.4) is 0 Å². The van der Waals surface area contributed by atoms with E-state index in [0.717, 1.165) is 0 Å². The summed E-state index contributed by atoms with van der Waals surface area (Å²) in [6.45, 7) is 1.93. The molecule has 11 heteroatoms. The highest BCUT2D eigenvalue weighted by molar-refractivity contribution is 5.85. The molecule has 1 fully saturated rings. The standard InChI is InChI=1S/C20H19FN6O4/c1-2-10-7-13(31-26-10)17-15(28)16(29)20(30-17)27-9-24-14-18(22-8-23-19(14)27)25-12-6-4-3-5-11(12)21/h3-9,15-17,20,28-29H,2H2,1H3,(H,22,23,25)/t15-,16+,17+,20+/m0/s1. The molecule has 0 saturated carbocycles. The fourth-order valence-electron chi connectivity index (χ4n) is 3.57. The minimum absolute atomic E-state index is 0.238. The number of nitrogens with zero attached hydrogens (tertiary/aromatic N) is 5. The summed E-state index contributed by atoms with van der Waals surface area (Å²) in [4.78, 5) is 12.7. The highest BCUT2D eigenvalue weighted by atomic mass is 19.1. The van der Waals surface area contributed by atoms with Gasteiger partial charge < -0.3 is 24.8 Å². The second-order valence-electron chi connectivity index (χ2n) is 7.15. The molecule has 0 bridgehead atoms. The molecule has 0 spiro atoms. The number of hydrogen-bond acceptors (Lipinski definition) is 9. The predicted molar refractivity (Wildman–Crippen MR) is 106 cm³/mol. The molecule has 10 nitrogen and oxygen atoms in total. The number of hydrogen-bond donors (Lipinski definition) is 3. The van der Waals surface area contributed by atoms with Crippen LogP contribution >= 0.6 is 0 Å². The monoisotopic (exact) mass is 426 g/mol. The lowest BCUT2D eigenvalue weighted by Crippen LogP contribution is -2.28. The molecule has 1 saturated heterocycles. The normalized spacial score (nSPS) is 23.5. The van der Waals surface area contributed by atoms with Crippen molar-refractivity contribution < 1.29 is 23.9 Å². The van der Waals surface area contributed by atoms with Crippen LogP contribution in [0.2, 0.25) is 0 Å². The van der Waals surface area contributed by atoms with Crippen LogP contribution in [0.4, 0.5) is 15.9 Å². The van der Waals surface area contributed by atoms with Crippen LogP contribution in [0.1, 0.15) is 30.7 Å². The number of ether oxygens (including phenoxy) is 1. The number of para-hydroxylation sites is 1. The third-order valence-corrected chi connectivity index (χ3v) is 5.22. The molecule has 1 aromatic carbocycles. The van der Waals surface area contributed by atoms with Crippen LogP contribution in [0.25, 0.3) is 11.2 Å². The van der Waals surface area contributed by atoms with E-state index < -0.39 is 30.4 Å². The van der Waals surface area contributed by atoms with Crippen LogP contribution < -0.4 is 5.32 Å². The molecule has 3 aromatic heterocycles. The zero-order valence-corrected chi connectivity index (χ0v) is 16.4. The molecular weight excluding hydrogens is 407 g/mol. The summed E-state index contributed by atoms with van der Waals surface area (Å²) in [5.74, 6) is 0.181. The first-order chi connectivity index (χ1) is 15.1. The zero-order valence-electron chi connectivity index (χ0n) is 16.4. The molecule has 1 aliphatic heterocycles. The largest absolute Gasteiger partial charge is 0.387 e. The van der Waals surface area contributed by atoms with Gasteiger partial charge in [-0.25, -0.2) is 19.3 Å². The number of aliphatic hydroxyl groups is 2. The Bertz CT molecular complexity index is 1230. The SMILES string of the molecule is CCc1cc([C@H]2O[C@@H](n3cnc4c(Nc5ccccc5F)ncnc43)[C@H](O)[C@@H]2O)on1. The van der Waals surface area contributed by atoms with Crippen molar-refractivity contribution in [2.45, 2.75) is 37.9 Å². The van der Waals surface area contributed by atoms with E-state index in [1.165, 1.54) is 23.3 Å². The molecule has 31 heavy (non-hydrogen) atoms. The van der Waals surface area contributed by atoms with Gasteiger partial charge in [0.2, 0.25) is 0 Å². The highest BCUT2D eigenvalue weighted by Gasteiger charge is 2.46. The first-order valence-corrected chi connectivity index (χ1v) is 9.73. The molecule has 160 valence electrons. The number of aromatic nitrogens is 5. The lowest BCUT2D eigenvalue weighted by Gasteiger charge is -2.16. The fraction of sp³-hybridized carbons (Fsp3) is 0.300. The third kappa shape index (κ3) is 3.32. The van der Waals surface area contributed by atoms with Gasteiger partial charge in [0.1, 0.15) is 30.5 Å². The molecule has 4 heterocycles. The Morgan fingerprint density at radius 1 is 1.16 bits per heavy atom. The molecule has 5 rings (SSSR count). The summed E-state index contributed by atoms with van der Waals surface area (Å²) in [5, 5.41) is 28.0. The Balaban J connectivity index is 1.47. The van der Waals surface area contributed by atoms with Crippen LogP contribution in [0.15, 0.2) is 47.5 Å². The number of anilines is 2. The van der Waals surface area contributed by atoms with Gasteiger partial charge in [0.15, 0.2) is 29.0 Å². The quantitative estimate of drug-likeness (QED) is 0.440. The maximum atomic E-state index is 14.0. The maximum absolute atomic E-state index is 14.0. The smallest absolute Gasteiger partial charge is 0.168 e. The van der Waals surface area contributed by atoms with Gasteiger partial charge in [-0.05, 0) is 18.6 Å². The zero-order chi connectivity index (χ0) is 21.5. The van der Waals surface area contributed by atoms with Gasteiger partial charge in [-0.1, -0.05) is 24.2 Å². The number of aryl methyl sites for hydroxylation is 1. The Morgan fingerprint density at radius 2 is 2.00 bits per heavy atom. The lowest BCUT2D eigenvalue weighted by atomic mass is 10.1. The van der Waals surface area contributed by atoms with Gasteiger partial charge in [0, 0.05) is 6.07 Å². The van der Waals surface area contributed by atoms with E-state index in [4.69, 9.17) is 9.26 Å². The Labute approximate surface area is 175 Å². The number of halogens is 1. The van der Waals surface area contributed by atoms with Gasteiger partial charge in [-0.15, -0.1) is 0 Å². The summed E-state index contributed by atoms with van der Waals surface area (Å²) in [6, 6.07) is 7.88. The Morgan fingerprint density at radius 3 is 2.77 bits per heavy atom. The van der Waals surface area contributed by atoms with E-state index in [1.807, 2.05) is 6.92 Å². The van der Waals surface area contributed by atoms with E-state index in [9.17, 15) is 14.6 Å². The molecule has 0 unspecified atom stereocenters. The van der Waals surface area contributed by atoms with Gasteiger partial charge in [-0.2, -0.15) is 0 Å². The molecule has 0 amide bonds. The van der Waals surface area contributed by atoms with E-state index in [1.54, 1.807) is 24.3 Å². The summed E-state index contributed by atoms with van der Waals surface area (Å²) < 4.78 is 26.7. The molecule has 0 radical (unpaired) electrons. The second-order valence-corrected chi connectivity index (χ2v) is 7.15. The van der Waals surface area contributed by atoms with Crippen molar-refractivity contribution >= 4 is 22.7 Å². The third-order valence-electron chi connectivity index (χ3n) is 5.22. The molecule has 4 atom stereocenters. The van der Waals surface area contributed by atoms with Crippen molar-refractivity contribution in [2.24, 2.45) is 0 Å². The number of benzene rings is 1. The van der Waals surface area contributed by atoms with Crippen molar-refractivity contribution in [2.75, 3.05) is 5.32 Å². The van der Waals surface area contributed by atoms with Crippen LogP contribution in [-0.2, 0) is 11.2 Å². The fourth-order valence-corrected chi connectivity index (χ4v) is 3.57. The minimum Gasteiger partial charge on any atom is -0.387 e. The van der Waals surface area contributed by atoms with E-state index >= 15 is 0 Å². The highest BCUT2D eigenvalue weighted by Crippen LogP contribution is 2.40. The second kappa shape index (κ2) is 7.69. The van der Waals surface area contributed by atoms with Crippen molar-refractivity contribution in [3.63, 3.8) is 0 Å². The summed E-state index contributed by atoms with van der Waals surface area (Å²) in [7, 11) is 0. The average Bonchev–Trinajstić information content (AvgIpc) is 3.49. The van der Waals surface area contributed by atoms with E-state index in [0.29, 0.717) is 34.9 Å². The van der Waals surface area contributed by atoms with Crippen molar-refractivity contribution in [1.29, 1.82) is 0 Å². The number of imidazole rings is 1. The molecule has 3 N–H and O–H groups in total. The summed E-state index contributed by atoms with van der Waals surface area (Å²) >= 11 is 0. The number of nitrogens with one attached hydrogen (secondary N) is 1. The van der Waals surface area contributed by atoms with E-state index in [-0.39, 0.29) is 5.69 Å². The van der Waals surface area contributed by atoms with Gasteiger partial charge in [0.25, 0.3) is 0 Å². The van der Waals surface area contributed by atoms with E-state index in [2.05, 4.69) is 25.4 Å². The molecular formula is C20H19FN6O4. The van der Waals surface area contributed by atoms with Gasteiger partial charge in [-0.3, -0.25) is 4.57 Å². The minimum atomic E-state index is -1.27. The number of aliphatic hydroxyl groups excluding tert-OH is 2. The van der Waals surface area contributed by atoms with Crippen LogP contribution in [0.5, 0.6) is 0 Å². The lowest BCUT2D eigenvalue weighted by molar-refractivity contribution is -0.0434. The van der Waals surface area contributed by atoms with Gasteiger partial charge >= 0.3 is 0 Å². The Hall–Kier alpha value is -3.41. The van der Waals surface area contributed by atoms with Gasteiger partial charge in [0.05, 0.1) is 17.7 Å². The summed E-state index contributed by atoms with van der Waals surface area (Å²) in [5.41, 5.74) is 1.65. The molecule has 1 aliphatic rings. The first kappa shape index (κ1) is 19.5. The maximum Gasteiger partial charge on any atom is 0.168 e. The number of rotatable bonds is 5. The van der Waals surface area contributed by atoms with Crippen molar-refractivity contribution in [3.05, 3.63) is 60.3 Å². The first-order valence-electron chi connectivity index (χ1n) is 9.73. The molecule has 4 aromatic rings. The van der Waals surface area contributed by atoms with Crippen LogP contribution in [0, 0.1) is 5.82 Å². The van der Waals surface area contributed by atoms with Crippen molar-refractivity contribution in [1.82, 2.24) is 24.7 Å². The number of fused-ring (bicyclic) bond motifs is 1. The topological polar surface area (TPSA) is 131 Å². The van der Waals surface area contributed by atoms with Crippen LogP contribution in [-0.4, -0.2) is 47.1 Å².